The van der Waals surface area contributed by atoms with Crippen molar-refractivity contribution in [1.29, 1.82) is 0 Å². The maximum Gasteiger partial charge on any atom is 0.0910 e. The molecule has 3 N–H and O–H groups in total. The second-order valence-corrected chi connectivity index (χ2v) is 6.63. The number of benzene rings is 1. The fraction of sp³-hybridized carbons (Fsp3) is 0.647. The van der Waals surface area contributed by atoms with Gasteiger partial charge in [0.25, 0.3) is 0 Å². The van der Waals surface area contributed by atoms with Crippen molar-refractivity contribution in [3.8, 4) is 0 Å². The lowest BCUT2D eigenvalue weighted by Crippen LogP contribution is -2.51. The first kappa shape index (κ1) is 15.0. The van der Waals surface area contributed by atoms with Crippen LogP contribution in [0.25, 0.3) is 0 Å². The highest BCUT2D eigenvalue weighted by Gasteiger charge is 2.35. The van der Waals surface area contributed by atoms with Gasteiger partial charge in [0.15, 0.2) is 0 Å². The number of morpholine rings is 1. The zero-order valence-corrected chi connectivity index (χ0v) is 13.1. The number of hydrogen-bond acceptors (Lipinski definition) is 4. The molecule has 0 saturated carbocycles. The standard InChI is InChI=1S/C17H27N3O/c1-12(2)13-5-7-14(8-6-13)17(19-18)16-10-20-9-3-4-15(20)11-21-16/h5-8,12,15-17,19H,3-4,9-11,18H2,1-2H3. The van der Waals surface area contributed by atoms with E-state index in [-0.39, 0.29) is 12.1 Å². The summed E-state index contributed by atoms with van der Waals surface area (Å²) in [5.74, 6) is 6.38. The minimum atomic E-state index is 0.0627. The first-order valence-electron chi connectivity index (χ1n) is 8.10. The molecule has 2 aliphatic rings. The molecular formula is C17H27N3O. The molecule has 1 aromatic carbocycles. The van der Waals surface area contributed by atoms with E-state index in [1.54, 1.807) is 0 Å². The summed E-state index contributed by atoms with van der Waals surface area (Å²) in [7, 11) is 0. The van der Waals surface area contributed by atoms with Gasteiger partial charge < -0.3 is 4.74 Å². The third kappa shape index (κ3) is 3.14. The van der Waals surface area contributed by atoms with Gasteiger partial charge in [-0.1, -0.05) is 38.1 Å². The Bertz CT molecular complexity index is 460. The first-order chi connectivity index (χ1) is 10.2. The summed E-state index contributed by atoms with van der Waals surface area (Å²) in [5, 5.41) is 0. The lowest BCUT2D eigenvalue weighted by atomic mass is 9.96. The van der Waals surface area contributed by atoms with Gasteiger partial charge in [-0.2, -0.15) is 0 Å². The van der Waals surface area contributed by atoms with E-state index in [2.05, 4.69) is 48.4 Å². The molecule has 0 aliphatic carbocycles. The fourth-order valence-corrected chi connectivity index (χ4v) is 3.55. The molecule has 2 aliphatic heterocycles. The van der Waals surface area contributed by atoms with Crippen molar-refractivity contribution < 1.29 is 4.74 Å². The summed E-state index contributed by atoms with van der Waals surface area (Å²) < 4.78 is 6.09. The van der Waals surface area contributed by atoms with Gasteiger partial charge in [-0.25, -0.2) is 0 Å². The molecule has 2 saturated heterocycles. The van der Waals surface area contributed by atoms with Crippen LogP contribution in [0.1, 0.15) is 49.8 Å². The third-order valence-corrected chi connectivity index (χ3v) is 4.93. The van der Waals surface area contributed by atoms with E-state index in [9.17, 15) is 0 Å². The Hall–Kier alpha value is -0.940. The lowest BCUT2D eigenvalue weighted by molar-refractivity contribution is -0.0653. The summed E-state index contributed by atoms with van der Waals surface area (Å²) in [6.45, 7) is 7.45. The van der Waals surface area contributed by atoms with Crippen LogP contribution in [-0.4, -0.2) is 36.7 Å². The molecule has 21 heavy (non-hydrogen) atoms. The Morgan fingerprint density at radius 2 is 1.95 bits per heavy atom. The van der Waals surface area contributed by atoms with Crippen LogP contribution in [0.3, 0.4) is 0 Å². The smallest absolute Gasteiger partial charge is 0.0910 e. The van der Waals surface area contributed by atoms with Gasteiger partial charge in [-0.05, 0) is 36.4 Å². The van der Waals surface area contributed by atoms with Crippen molar-refractivity contribution in [2.75, 3.05) is 19.7 Å². The molecule has 3 atom stereocenters. The molecule has 0 radical (unpaired) electrons. The molecule has 3 rings (SSSR count). The van der Waals surface area contributed by atoms with E-state index < -0.39 is 0 Å². The van der Waals surface area contributed by atoms with E-state index in [0.717, 1.165) is 13.2 Å². The summed E-state index contributed by atoms with van der Waals surface area (Å²) in [5.41, 5.74) is 5.54. The van der Waals surface area contributed by atoms with E-state index in [1.165, 1.54) is 30.5 Å². The van der Waals surface area contributed by atoms with Crippen LogP contribution in [0.5, 0.6) is 0 Å². The van der Waals surface area contributed by atoms with Gasteiger partial charge in [0.05, 0.1) is 18.8 Å². The second-order valence-electron chi connectivity index (χ2n) is 6.63. The van der Waals surface area contributed by atoms with Gasteiger partial charge in [-0.3, -0.25) is 16.2 Å². The summed E-state index contributed by atoms with van der Waals surface area (Å²) in [6.07, 6.45) is 2.70. The molecule has 2 fully saturated rings. The Morgan fingerprint density at radius 3 is 2.62 bits per heavy atom. The molecule has 0 spiro atoms. The molecule has 4 nitrogen and oxygen atoms in total. The largest absolute Gasteiger partial charge is 0.373 e. The van der Waals surface area contributed by atoms with Crippen LogP contribution in [0.15, 0.2) is 24.3 Å². The number of ether oxygens (including phenoxy) is 1. The number of fused-ring (bicyclic) bond motifs is 1. The van der Waals surface area contributed by atoms with Crippen molar-refractivity contribution in [3.63, 3.8) is 0 Å². The quantitative estimate of drug-likeness (QED) is 0.659. The van der Waals surface area contributed by atoms with Gasteiger partial charge in [0, 0.05) is 12.6 Å². The molecule has 4 heteroatoms. The molecule has 116 valence electrons. The molecule has 2 heterocycles. The minimum absolute atomic E-state index is 0.0627. The predicted octanol–water partition coefficient (Wildman–Crippen LogP) is 2.18. The number of hydrazine groups is 1. The van der Waals surface area contributed by atoms with Crippen LogP contribution in [0.2, 0.25) is 0 Å². The topological polar surface area (TPSA) is 50.5 Å². The molecule has 0 aromatic heterocycles. The number of nitrogens with zero attached hydrogens (tertiary/aromatic N) is 1. The molecule has 1 aromatic rings. The first-order valence-corrected chi connectivity index (χ1v) is 8.10. The molecular weight excluding hydrogens is 262 g/mol. The van der Waals surface area contributed by atoms with Crippen LogP contribution in [-0.2, 0) is 4.74 Å². The van der Waals surface area contributed by atoms with E-state index in [4.69, 9.17) is 10.6 Å². The normalized spacial score (nSPS) is 27.8. The zero-order valence-electron chi connectivity index (χ0n) is 13.1. The summed E-state index contributed by atoms with van der Waals surface area (Å²) in [4.78, 5) is 2.56. The monoisotopic (exact) mass is 289 g/mol. The van der Waals surface area contributed by atoms with Gasteiger partial charge in [-0.15, -0.1) is 0 Å². The summed E-state index contributed by atoms with van der Waals surface area (Å²) >= 11 is 0. The Morgan fingerprint density at radius 1 is 1.24 bits per heavy atom. The number of nitrogens with two attached hydrogens (primary N) is 1. The van der Waals surface area contributed by atoms with Crippen molar-refractivity contribution in [1.82, 2.24) is 10.3 Å². The highest BCUT2D eigenvalue weighted by molar-refractivity contribution is 5.27. The van der Waals surface area contributed by atoms with E-state index in [1.807, 2.05) is 0 Å². The average molecular weight is 289 g/mol. The van der Waals surface area contributed by atoms with Gasteiger partial charge in [0.2, 0.25) is 0 Å². The lowest BCUT2D eigenvalue weighted by Gasteiger charge is -2.38. The van der Waals surface area contributed by atoms with E-state index >= 15 is 0 Å². The third-order valence-electron chi connectivity index (χ3n) is 4.93. The van der Waals surface area contributed by atoms with Crippen LogP contribution in [0, 0.1) is 0 Å². The predicted molar refractivity (Wildman–Crippen MR) is 84.9 cm³/mol. The second kappa shape index (κ2) is 6.44. The van der Waals surface area contributed by atoms with Crippen molar-refractivity contribution in [2.45, 2.75) is 50.8 Å². The Labute approximate surface area is 127 Å². The molecule has 0 bridgehead atoms. The minimum Gasteiger partial charge on any atom is -0.373 e. The van der Waals surface area contributed by atoms with Crippen LogP contribution < -0.4 is 11.3 Å². The number of nitrogens with one attached hydrogen (secondary N) is 1. The highest BCUT2D eigenvalue weighted by atomic mass is 16.5. The number of hydrogen-bond donors (Lipinski definition) is 2. The highest BCUT2D eigenvalue weighted by Crippen LogP contribution is 2.29. The average Bonchev–Trinajstić information content (AvgIpc) is 2.96. The van der Waals surface area contributed by atoms with Crippen molar-refractivity contribution in [3.05, 3.63) is 35.4 Å². The van der Waals surface area contributed by atoms with Gasteiger partial charge >= 0.3 is 0 Å². The Balaban J connectivity index is 1.72. The fourth-order valence-electron chi connectivity index (χ4n) is 3.55. The maximum atomic E-state index is 6.09. The molecule has 0 amide bonds. The van der Waals surface area contributed by atoms with Crippen LogP contribution >= 0.6 is 0 Å². The zero-order chi connectivity index (χ0) is 14.8. The SMILES string of the molecule is CC(C)c1ccc(C(NN)C2CN3CCCC3CO2)cc1. The summed E-state index contributed by atoms with van der Waals surface area (Å²) in [6, 6.07) is 9.45. The molecule has 3 unspecified atom stereocenters. The van der Waals surface area contributed by atoms with Crippen molar-refractivity contribution in [2.24, 2.45) is 5.84 Å². The number of rotatable bonds is 4. The van der Waals surface area contributed by atoms with Crippen molar-refractivity contribution >= 4 is 0 Å². The van der Waals surface area contributed by atoms with E-state index in [0.29, 0.717) is 12.0 Å². The van der Waals surface area contributed by atoms with Gasteiger partial charge in [0.1, 0.15) is 0 Å². The van der Waals surface area contributed by atoms with Crippen LogP contribution in [0.4, 0.5) is 0 Å². The Kier molecular flexibility index (Phi) is 4.60. The maximum absolute atomic E-state index is 6.09.